The molecule has 68 valence electrons. The van der Waals surface area contributed by atoms with Crippen LogP contribution in [0.15, 0.2) is 17.8 Å². The summed E-state index contributed by atoms with van der Waals surface area (Å²) in [6.45, 7) is 11.4. The molecule has 0 atom stereocenters. The molecule has 3 nitrogen and oxygen atoms in total. The third-order valence-corrected chi connectivity index (χ3v) is 0.354. The summed E-state index contributed by atoms with van der Waals surface area (Å²) in [5.41, 5.74) is 0. The van der Waals surface area contributed by atoms with Gasteiger partial charge in [-0.15, -0.1) is 0 Å². The lowest BCUT2D eigenvalue weighted by Crippen LogP contribution is -2.23. The quantitative estimate of drug-likeness (QED) is 0.290. The lowest BCUT2D eigenvalue weighted by Gasteiger charge is -1.98. The molecule has 0 amide bonds. The van der Waals surface area contributed by atoms with Crippen molar-refractivity contribution in [3.63, 3.8) is 0 Å². The topological polar surface area (TPSA) is 41.6 Å². The van der Waals surface area contributed by atoms with Crippen LogP contribution in [0.4, 0.5) is 0 Å². The van der Waals surface area contributed by atoms with Gasteiger partial charge in [-0.05, 0) is 0 Å². The molecule has 3 heteroatoms. The molecule has 0 saturated heterocycles. The first-order chi connectivity index (χ1) is 5.27. The third kappa shape index (κ3) is 46.9. The van der Waals surface area contributed by atoms with Gasteiger partial charge in [-0.2, -0.15) is 0 Å². The fourth-order valence-corrected chi connectivity index (χ4v) is 0.152. The molecule has 0 aromatic heterocycles. The Labute approximate surface area is 70.6 Å². The molecule has 2 N–H and O–H groups in total. The predicted molar refractivity (Wildman–Crippen MR) is 53.3 cm³/mol. The highest BCUT2D eigenvalue weighted by atomic mass is 15.4. The Hall–Kier alpha value is -0.830. The van der Waals surface area contributed by atoms with Crippen LogP contribution in [0.2, 0.25) is 0 Å². The summed E-state index contributed by atoms with van der Waals surface area (Å²) < 4.78 is 0. The largest absolute Gasteiger partial charge is 0.304 e. The monoisotopic (exact) mass is 159 g/mol. The summed E-state index contributed by atoms with van der Waals surface area (Å²) in [4.78, 5) is 3.61. The van der Waals surface area contributed by atoms with E-state index in [2.05, 4.69) is 11.6 Å². The van der Waals surface area contributed by atoms with Gasteiger partial charge >= 0.3 is 0 Å². The van der Waals surface area contributed by atoms with Gasteiger partial charge < -0.3 is 5.01 Å². The molecule has 0 aliphatic carbocycles. The molecule has 0 aromatic carbocycles. The minimum atomic E-state index is 1.35. The van der Waals surface area contributed by atoms with Gasteiger partial charge in [0.05, 0.1) is 0 Å². The van der Waals surface area contributed by atoms with E-state index in [0.717, 1.165) is 0 Å². The number of nitrogens with two attached hydrogens (primary N) is 1. The molecule has 0 bridgehead atoms. The first-order valence-corrected chi connectivity index (χ1v) is 3.89. The third-order valence-electron chi connectivity index (χ3n) is 0.354. The van der Waals surface area contributed by atoms with E-state index in [1.807, 2.05) is 27.7 Å². The van der Waals surface area contributed by atoms with Gasteiger partial charge in [0, 0.05) is 13.2 Å². The average molecular weight is 159 g/mol. The van der Waals surface area contributed by atoms with Crippen LogP contribution >= 0.6 is 0 Å². The smallest absolute Gasteiger partial charge is 0.104 e. The maximum absolute atomic E-state index is 5.11. The van der Waals surface area contributed by atoms with Crippen LogP contribution < -0.4 is 5.84 Å². The number of hydrogen-bond acceptors (Lipinski definition) is 2. The fraction of sp³-hybridized carbons (Fsp3) is 0.625. The molecule has 0 aromatic rings. The molecule has 0 saturated carbocycles. The fourth-order valence-electron chi connectivity index (χ4n) is 0.152. The van der Waals surface area contributed by atoms with Crippen LogP contribution in [0.25, 0.3) is 0 Å². The molecular formula is C8H21N3. The highest BCUT2D eigenvalue weighted by molar-refractivity contribution is 5.53. The van der Waals surface area contributed by atoms with Crippen molar-refractivity contribution in [2.24, 2.45) is 10.8 Å². The Morgan fingerprint density at radius 1 is 1.27 bits per heavy atom. The number of rotatable bonds is 2. The first kappa shape index (κ1) is 16.6. The molecule has 0 radical (unpaired) electrons. The van der Waals surface area contributed by atoms with Gasteiger partial charge in [0.2, 0.25) is 0 Å². The molecular weight excluding hydrogens is 138 g/mol. The van der Waals surface area contributed by atoms with E-state index in [0.29, 0.717) is 0 Å². The van der Waals surface area contributed by atoms with E-state index in [-0.39, 0.29) is 0 Å². The number of hydrazine groups is 1. The molecule has 0 aliphatic heterocycles. The average Bonchev–Trinajstić information content (AvgIpc) is 2.08. The highest BCUT2D eigenvalue weighted by Crippen LogP contribution is 1.62. The van der Waals surface area contributed by atoms with E-state index in [4.69, 9.17) is 5.84 Å². The number of nitrogens with zero attached hydrogens (tertiary/aromatic N) is 2. The molecule has 0 aliphatic rings. The first-order valence-electron chi connectivity index (χ1n) is 3.89. The second-order valence-electron chi connectivity index (χ2n) is 1.11. The zero-order valence-electron chi connectivity index (χ0n) is 8.33. The van der Waals surface area contributed by atoms with Crippen molar-refractivity contribution in [1.29, 1.82) is 0 Å². The van der Waals surface area contributed by atoms with Gasteiger partial charge in [-0.3, -0.25) is 0 Å². The van der Waals surface area contributed by atoms with E-state index >= 15 is 0 Å². The Morgan fingerprint density at radius 3 is 1.73 bits per heavy atom. The van der Waals surface area contributed by atoms with Gasteiger partial charge in [0.1, 0.15) is 6.34 Å². The minimum Gasteiger partial charge on any atom is -0.304 e. The summed E-state index contributed by atoms with van der Waals surface area (Å²) in [5, 5.41) is 1.35. The lowest BCUT2D eigenvalue weighted by molar-refractivity contribution is 0.556. The van der Waals surface area contributed by atoms with E-state index in [1.54, 1.807) is 7.05 Å². The van der Waals surface area contributed by atoms with Crippen LogP contribution in [0.3, 0.4) is 0 Å². The lowest BCUT2D eigenvalue weighted by atomic mass is 11.0. The molecule has 0 unspecified atom stereocenters. The predicted octanol–water partition coefficient (Wildman–Crippen LogP) is 2.02. The van der Waals surface area contributed by atoms with E-state index in [9.17, 15) is 0 Å². The zero-order chi connectivity index (χ0) is 9.70. The summed E-state index contributed by atoms with van der Waals surface area (Å²) >= 11 is 0. The molecule has 0 fully saturated rings. The van der Waals surface area contributed by atoms with Gasteiger partial charge in [0.15, 0.2) is 0 Å². The standard InChI is InChI=1S/C4H9N3.2C2H6/c1-3-6-4-7(2)5;2*1-2/h3-4H,1,5H2,2H3;2*1-2H3. The van der Waals surface area contributed by atoms with Gasteiger partial charge in [-0.1, -0.05) is 34.3 Å². The molecule has 11 heavy (non-hydrogen) atoms. The van der Waals surface area contributed by atoms with Crippen molar-refractivity contribution in [3.8, 4) is 0 Å². The normalized spacial score (nSPS) is 7.09. The van der Waals surface area contributed by atoms with Crippen molar-refractivity contribution in [2.75, 3.05) is 7.05 Å². The van der Waals surface area contributed by atoms with Crippen LogP contribution in [-0.4, -0.2) is 18.4 Å². The molecule has 0 rings (SSSR count). The van der Waals surface area contributed by atoms with Crippen molar-refractivity contribution >= 4 is 6.34 Å². The second-order valence-corrected chi connectivity index (χ2v) is 1.11. The van der Waals surface area contributed by atoms with Crippen LogP contribution in [0, 0.1) is 0 Å². The molecule has 0 spiro atoms. The van der Waals surface area contributed by atoms with Crippen molar-refractivity contribution in [2.45, 2.75) is 27.7 Å². The summed E-state index contributed by atoms with van der Waals surface area (Å²) in [5.74, 6) is 5.11. The Kier molecular flexibility index (Phi) is 34.6. The molecule has 0 heterocycles. The van der Waals surface area contributed by atoms with Gasteiger partial charge in [-0.25, -0.2) is 10.8 Å². The van der Waals surface area contributed by atoms with Gasteiger partial charge in [0.25, 0.3) is 0 Å². The number of hydrogen-bond donors (Lipinski definition) is 1. The summed E-state index contributed by atoms with van der Waals surface area (Å²) in [6, 6.07) is 0. The van der Waals surface area contributed by atoms with Crippen molar-refractivity contribution in [3.05, 3.63) is 12.8 Å². The van der Waals surface area contributed by atoms with E-state index in [1.165, 1.54) is 17.5 Å². The van der Waals surface area contributed by atoms with Crippen molar-refractivity contribution < 1.29 is 0 Å². The summed E-state index contributed by atoms with van der Waals surface area (Å²) in [7, 11) is 1.69. The Morgan fingerprint density at radius 2 is 1.64 bits per heavy atom. The number of aliphatic imine (C=N–C) groups is 1. The second kappa shape index (κ2) is 22.9. The Bertz CT molecular complexity index is 77.4. The van der Waals surface area contributed by atoms with Crippen LogP contribution in [0.1, 0.15) is 27.7 Å². The highest BCUT2D eigenvalue weighted by Gasteiger charge is 1.68. The maximum atomic E-state index is 5.11. The van der Waals surface area contributed by atoms with Crippen LogP contribution in [-0.2, 0) is 0 Å². The maximum Gasteiger partial charge on any atom is 0.104 e. The minimum absolute atomic E-state index is 1.35. The Balaban J connectivity index is -0.000000138. The summed E-state index contributed by atoms with van der Waals surface area (Å²) in [6.07, 6.45) is 2.89. The van der Waals surface area contributed by atoms with E-state index < -0.39 is 0 Å². The van der Waals surface area contributed by atoms with Crippen molar-refractivity contribution in [1.82, 2.24) is 5.01 Å². The SMILES string of the molecule is C=CN=CN(C)N.CC.CC. The van der Waals surface area contributed by atoms with Crippen LogP contribution in [0.5, 0.6) is 0 Å². The zero-order valence-corrected chi connectivity index (χ0v) is 8.33.